The van der Waals surface area contributed by atoms with E-state index in [1.54, 1.807) is 11.8 Å². The first kappa shape index (κ1) is 17.6. The summed E-state index contributed by atoms with van der Waals surface area (Å²) in [6, 6.07) is 9.38. The van der Waals surface area contributed by atoms with Gasteiger partial charge in [0.15, 0.2) is 0 Å². The predicted octanol–water partition coefficient (Wildman–Crippen LogP) is 4.72. The highest BCUT2D eigenvalue weighted by atomic mass is 35.5. The number of nitrogens with one attached hydrogen (secondary N) is 1. The summed E-state index contributed by atoms with van der Waals surface area (Å²) < 4.78 is 10.9. The summed E-state index contributed by atoms with van der Waals surface area (Å²) in [5.74, 6) is 2.22. The summed E-state index contributed by atoms with van der Waals surface area (Å²) in [5.41, 5.74) is 0.726. The second-order valence-electron chi connectivity index (χ2n) is 5.34. The first-order chi connectivity index (χ1) is 12.0. The van der Waals surface area contributed by atoms with Crippen LogP contribution in [0.4, 0.5) is 6.01 Å². The number of benzene rings is 1. The molecule has 2 heterocycles. The van der Waals surface area contributed by atoms with Crippen molar-refractivity contribution >= 4 is 35.3 Å². The van der Waals surface area contributed by atoms with Crippen LogP contribution in [-0.2, 0) is 4.79 Å². The normalized spacial score (nSPS) is 10.8. The lowest BCUT2D eigenvalue weighted by Gasteiger charge is -2.02. The molecule has 0 spiro atoms. The van der Waals surface area contributed by atoms with Crippen molar-refractivity contribution in [3.8, 4) is 11.5 Å². The van der Waals surface area contributed by atoms with Crippen molar-refractivity contribution in [3.63, 3.8) is 0 Å². The number of hydrogen-bond donors (Lipinski definition) is 1. The van der Waals surface area contributed by atoms with Crippen molar-refractivity contribution < 1.29 is 13.6 Å². The van der Waals surface area contributed by atoms with Crippen molar-refractivity contribution in [3.05, 3.63) is 46.9 Å². The summed E-state index contributed by atoms with van der Waals surface area (Å²) in [7, 11) is 0. The van der Waals surface area contributed by atoms with Gasteiger partial charge in [-0.1, -0.05) is 16.7 Å². The molecule has 8 heteroatoms. The van der Waals surface area contributed by atoms with Crippen LogP contribution in [0.3, 0.4) is 0 Å². The van der Waals surface area contributed by atoms with E-state index >= 15 is 0 Å². The van der Waals surface area contributed by atoms with E-state index in [2.05, 4.69) is 15.5 Å². The Morgan fingerprint density at radius 1 is 1.20 bits per heavy atom. The second-order valence-corrected chi connectivity index (χ2v) is 6.94. The van der Waals surface area contributed by atoms with Crippen LogP contribution < -0.4 is 5.32 Å². The lowest BCUT2D eigenvalue weighted by Crippen LogP contribution is -2.12. The molecule has 1 amide bonds. The highest BCUT2D eigenvalue weighted by molar-refractivity contribution is 7.99. The van der Waals surface area contributed by atoms with Crippen LogP contribution in [0, 0.1) is 13.8 Å². The molecule has 25 heavy (non-hydrogen) atoms. The smallest absolute Gasteiger partial charge is 0.322 e. The summed E-state index contributed by atoms with van der Waals surface area (Å²) in [6.07, 6.45) is 0.328. The van der Waals surface area contributed by atoms with Crippen LogP contribution in [0.1, 0.15) is 17.9 Å². The third-order valence-electron chi connectivity index (χ3n) is 3.35. The molecule has 0 aliphatic rings. The quantitative estimate of drug-likeness (QED) is 0.626. The van der Waals surface area contributed by atoms with Gasteiger partial charge in [-0.3, -0.25) is 10.1 Å². The average Bonchev–Trinajstić information content (AvgIpc) is 3.15. The van der Waals surface area contributed by atoms with Gasteiger partial charge in [0.1, 0.15) is 11.5 Å². The van der Waals surface area contributed by atoms with Crippen molar-refractivity contribution in [1.82, 2.24) is 10.2 Å². The Labute approximate surface area is 154 Å². The fraction of sp³-hybridized carbons (Fsp3) is 0.235. The number of aromatic nitrogens is 2. The van der Waals surface area contributed by atoms with E-state index < -0.39 is 0 Å². The molecule has 2 aromatic heterocycles. The second kappa shape index (κ2) is 7.76. The monoisotopic (exact) mass is 377 g/mol. The Balaban J connectivity index is 1.51. The molecular weight excluding hydrogens is 362 g/mol. The van der Waals surface area contributed by atoms with Gasteiger partial charge in [0.25, 0.3) is 5.89 Å². The number of carbonyl (C=O) groups excluding carboxylic acids is 1. The zero-order valence-corrected chi connectivity index (χ0v) is 15.3. The molecule has 0 aliphatic heterocycles. The number of furan rings is 1. The SMILES string of the molecule is Cc1cc(-c2nnc(NC(=O)CCSc3ccc(Cl)cc3)o2)c(C)o1. The zero-order chi connectivity index (χ0) is 17.8. The Kier molecular flexibility index (Phi) is 5.45. The molecule has 0 atom stereocenters. The van der Waals surface area contributed by atoms with E-state index in [1.807, 2.05) is 44.2 Å². The van der Waals surface area contributed by atoms with E-state index in [4.69, 9.17) is 20.4 Å². The number of thioether (sulfide) groups is 1. The van der Waals surface area contributed by atoms with Gasteiger partial charge in [-0.15, -0.1) is 16.9 Å². The molecular formula is C17H16ClN3O3S. The summed E-state index contributed by atoms with van der Waals surface area (Å²) in [6.45, 7) is 3.66. The van der Waals surface area contributed by atoms with Crippen molar-refractivity contribution in [2.24, 2.45) is 0 Å². The fourth-order valence-corrected chi connectivity index (χ4v) is 3.18. The number of nitrogens with zero attached hydrogens (tertiary/aromatic N) is 2. The molecule has 0 aliphatic carbocycles. The van der Waals surface area contributed by atoms with E-state index in [9.17, 15) is 4.79 Å². The zero-order valence-electron chi connectivity index (χ0n) is 13.7. The molecule has 0 bridgehead atoms. The number of rotatable bonds is 6. The molecule has 0 saturated carbocycles. The van der Waals surface area contributed by atoms with Crippen LogP contribution in [0.5, 0.6) is 0 Å². The number of carbonyl (C=O) groups is 1. The number of halogens is 1. The van der Waals surface area contributed by atoms with Crippen LogP contribution >= 0.6 is 23.4 Å². The largest absolute Gasteiger partial charge is 0.466 e. The Hall–Kier alpha value is -2.25. The van der Waals surface area contributed by atoms with Crippen molar-refractivity contribution in [2.75, 3.05) is 11.1 Å². The number of anilines is 1. The molecule has 0 saturated heterocycles. The topological polar surface area (TPSA) is 81.2 Å². The molecule has 0 unspecified atom stereocenters. The van der Waals surface area contributed by atoms with Gasteiger partial charge in [-0.2, -0.15) is 0 Å². The van der Waals surface area contributed by atoms with Gasteiger partial charge in [0.05, 0.1) is 5.56 Å². The van der Waals surface area contributed by atoms with Crippen molar-refractivity contribution in [1.29, 1.82) is 0 Å². The summed E-state index contributed by atoms with van der Waals surface area (Å²) in [4.78, 5) is 13.0. The highest BCUT2D eigenvalue weighted by Gasteiger charge is 2.15. The Bertz CT molecular complexity index is 874. The van der Waals surface area contributed by atoms with Gasteiger partial charge < -0.3 is 8.83 Å². The van der Waals surface area contributed by atoms with Crippen LogP contribution in [0.25, 0.3) is 11.5 Å². The van der Waals surface area contributed by atoms with E-state index in [-0.39, 0.29) is 11.9 Å². The molecule has 130 valence electrons. The lowest BCUT2D eigenvalue weighted by molar-refractivity contribution is -0.115. The van der Waals surface area contributed by atoms with Crippen LogP contribution in [-0.4, -0.2) is 21.9 Å². The van der Waals surface area contributed by atoms with Gasteiger partial charge in [0, 0.05) is 22.1 Å². The maximum absolute atomic E-state index is 12.0. The number of aryl methyl sites for hydroxylation is 2. The third kappa shape index (κ3) is 4.64. The molecule has 1 N–H and O–H groups in total. The highest BCUT2D eigenvalue weighted by Crippen LogP contribution is 2.26. The molecule has 1 aromatic carbocycles. The molecule has 6 nitrogen and oxygen atoms in total. The minimum Gasteiger partial charge on any atom is -0.466 e. The minimum absolute atomic E-state index is 0.0785. The Morgan fingerprint density at radius 3 is 2.64 bits per heavy atom. The molecule has 0 radical (unpaired) electrons. The van der Waals surface area contributed by atoms with Crippen molar-refractivity contribution in [2.45, 2.75) is 25.2 Å². The van der Waals surface area contributed by atoms with Crippen LogP contribution in [0.2, 0.25) is 5.02 Å². The summed E-state index contributed by atoms with van der Waals surface area (Å²) >= 11 is 7.42. The van der Waals surface area contributed by atoms with E-state index in [1.165, 1.54) is 0 Å². The van der Waals surface area contributed by atoms with E-state index in [0.717, 1.165) is 16.2 Å². The molecule has 3 aromatic rings. The van der Waals surface area contributed by atoms with Gasteiger partial charge in [0.2, 0.25) is 5.91 Å². The van der Waals surface area contributed by atoms with Gasteiger partial charge >= 0.3 is 6.01 Å². The predicted molar refractivity (Wildman–Crippen MR) is 96.9 cm³/mol. The first-order valence-electron chi connectivity index (χ1n) is 7.60. The van der Waals surface area contributed by atoms with Gasteiger partial charge in [-0.25, -0.2) is 0 Å². The van der Waals surface area contributed by atoms with Gasteiger partial charge in [-0.05, 0) is 44.2 Å². The standard InChI is InChI=1S/C17H16ClN3O3S/c1-10-9-14(11(2)23-10)16-20-21-17(24-16)19-15(22)7-8-25-13-5-3-12(18)4-6-13/h3-6,9H,7-8H2,1-2H3,(H,19,21,22). The number of amides is 1. The molecule has 0 fully saturated rings. The third-order valence-corrected chi connectivity index (χ3v) is 4.62. The fourth-order valence-electron chi connectivity index (χ4n) is 2.20. The lowest BCUT2D eigenvalue weighted by atomic mass is 10.2. The van der Waals surface area contributed by atoms with Crippen LogP contribution in [0.15, 0.2) is 44.1 Å². The minimum atomic E-state index is -0.184. The maximum Gasteiger partial charge on any atom is 0.322 e. The summed E-state index contributed by atoms with van der Waals surface area (Å²) in [5, 5.41) is 11.1. The molecule has 3 rings (SSSR count). The maximum atomic E-state index is 12.0. The Morgan fingerprint density at radius 2 is 1.96 bits per heavy atom. The number of hydrogen-bond acceptors (Lipinski definition) is 6. The van der Waals surface area contributed by atoms with E-state index in [0.29, 0.717) is 28.8 Å². The average molecular weight is 378 g/mol. The first-order valence-corrected chi connectivity index (χ1v) is 8.97.